The van der Waals surface area contributed by atoms with Gasteiger partial charge in [-0.15, -0.1) is 0 Å². The van der Waals surface area contributed by atoms with Crippen LogP contribution in [0.1, 0.15) is 32.2 Å². The van der Waals surface area contributed by atoms with Crippen LogP contribution >= 0.6 is 11.3 Å². The van der Waals surface area contributed by atoms with E-state index in [2.05, 4.69) is 16.2 Å². The maximum absolute atomic E-state index is 9.49. The summed E-state index contributed by atoms with van der Waals surface area (Å²) in [4.78, 5) is 5.34. The van der Waals surface area contributed by atoms with E-state index in [9.17, 15) is 5.26 Å². The average molecular weight is 326 g/mol. The third-order valence-electron chi connectivity index (χ3n) is 3.64. The fourth-order valence-electron chi connectivity index (χ4n) is 2.52. The van der Waals surface area contributed by atoms with Gasteiger partial charge in [-0.05, 0) is 18.2 Å². The van der Waals surface area contributed by atoms with Gasteiger partial charge in [0.05, 0.1) is 5.69 Å². The van der Waals surface area contributed by atoms with E-state index in [1.807, 2.05) is 39.0 Å². The lowest BCUT2D eigenvalue weighted by Gasteiger charge is -2.14. The minimum atomic E-state index is -0.197. The van der Waals surface area contributed by atoms with E-state index in [0.717, 1.165) is 27.0 Å². The van der Waals surface area contributed by atoms with Gasteiger partial charge in [0, 0.05) is 11.0 Å². The number of imidazole rings is 1. The first-order valence-corrected chi connectivity index (χ1v) is 7.99. The zero-order valence-corrected chi connectivity index (χ0v) is 13.8. The van der Waals surface area contributed by atoms with E-state index in [4.69, 9.17) is 9.47 Å². The summed E-state index contributed by atoms with van der Waals surface area (Å²) in [5, 5.41) is 14.9. The summed E-state index contributed by atoms with van der Waals surface area (Å²) < 4.78 is 12.4. The Morgan fingerprint density at radius 2 is 2.04 bits per heavy atom. The number of rotatable bonds is 1. The normalized spacial score (nSPS) is 13.5. The maximum atomic E-state index is 9.49. The lowest BCUT2D eigenvalue weighted by Crippen LogP contribution is -2.14. The second-order valence-corrected chi connectivity index (χ2v) is 7.30. The summed E-state index contributed by atoms with van der Waals surface area (Å²) >= 11 is 1.46. The number of aromatic nitrogens is 3. The van der Waals surface area contributed by atoms with Crippen LogP contribution in [0.2, 0.25) is 0 Å². The molecule has 3 aromatic rings. The molecule has 116 valence electrons. The van der Waals surface area contributed by atoms with Crippen LogP contribution in [-0.2, 0) is 5.41 Å². The minimum absolute atomic E-state index is 0.197. The van der Waals surface area contributed by atoms with Crippen LogP contribution in [0.3, 0.4) is 0 Å². The number of hydrogen-bond donors (Lipinski definition) is 0. The summed E-state index contributed by atoms with van der Waals surface area (Å²) in [6, 6.07) is 7.93. The molecule has 7 heteroatoms. The zero-order valence-electron chi connectivity index (χ0n) is 13.0. The summed E-state index contributed by atoms with van der Waals surface area (Å²) in [5.74, 6) is 1.45. The number of ether oxygens (including phenoxy) is 2. The molecule has 0 N–H and O–H groups in total. The Morgan fingerprint density at radius 1 is 1.26 bits per heavy atom. The Morgan fingerprint density at radius 3 is 2.78 bits per heavy atom. The molecule has 0 aliphatic carbocycles. The summed E-state index contributed by atoms with van der Waals surface area (Å²) in [6.07, 6.45) is 0. The molecule has 1 aliphatic heterocycles. The molecule has 0 spiro atoms. The summed E-state index contributed by atoms with van der Waals surface area (Å²) in [7, 11) is 0. The number of hydrogen-bond acceptors (Lipinski definition) is 6. The Hall–Kier alpha value is -2.59. The first kappa shape index (κ1) is 14.0. The molecule has 0 radical (unpaired) electrons. The summed E-state index contributed by atoms with van der Waals surface area (Å²) in [6.45, 7) is 6.37. The zero-order chi connectivity index (χ0) is 16.2. The number of nitriles is 1. The molecule has 0 atom stereocenters. The Kier molecular flexibility index (Phi) is 2.87. The molecule has 0 unspecified atom stereocenters. The van der Waals surface area contributed by atoms with Crippen molar-refractivity contribution in [2.45, 2.75) is 26.2 Å². The van der Waals surface area contributed by atoms with E-state index in [1.54, 1.807) is 4.52 Å². The van der Waals surface area contributed by atoms with E-state index in [0.29, 0.717) is 11.4 Å². The van der Waals surface area contributed by atoms with Crippen LogP contribution < -0.4 is 9.47 Å². The van der Waals surface area contributed by atoms with Gasteiger partial charge in [-0.3, -0.25) is 0 Å². The molecule has 3 heterocycles. The van der Waals surface area contributed by atoms with Crippen molar-refractivity contribution in [2.75, 3.05) is 6.79 Å². The summed E-state index contributed by atoms with van der Waals surface area (Å²) in [5.41, 5.74) is 2.00. The standard InChI is InChI=1S/C16H14N4O2S/c1-16(2,3)13-10(7-17)20-15(18-13)23-14(19-20)9-4-5-11-12(6-9)22-8-21-11/h4-6H,8H2,1-3H3. The Bertz CT molecular complexity index is 959. The van der Waals surface area contributed by atoms with Crippen molar-refractivity contribution in [3.8, 4) is 28.1 Å². The third kappa shape index (κ3) is 2.14. The van der Waals surface area contributed by atoms with Crippen LogP contribution in [0.25, 0.3) is 15.5 Å². The molecule has 0 fully saturated rings. The average Bonchev–Trinajstić information content (AvgIpc) is 3.18. The molecule has 23 heavy (non-hydrogen) atoms. The van der Waals surface area contributed by atoms with Gasteiger partial charge >= 0.3 is 0 Å². The second kappa shape index (κ2) is 4.70. The van der Waals surface area contributed by atoms with Crippen LogP contribution in [0.5, 0.6) is 11.5 Å². The number of fused-ring (bicyclic) bond motifs is 2. The van der Waals surface area contributed by atoms with E-state index in [1.165, 1.54) is 11.3 Å². The monoisotopic (exact) mass is 326 g/mol. The van der Waals surface area contributed by atoms with Crippen molar-refractivity contribution >= 4 is 16.3 Å². The maximum Gasteiger partial charge on any atom is 0.231 e. The molecule has 4 rings (SSSR count). The van der Waals surface area contributed by atoms with Crippen molar-refractivity contribution in [1.29, 1.82) is 5.26 Å². The topological polar surface area (TPSA) is 72.4 Å². The lowest BCUT2D eigenvalue weighted by molar-refractivity contribution is 0.174. The molecule has 0 amide bonds. The van der Waals surface area contributed by atoms with Gasteiger partial charge in [-0.25, -0.2) is 4.98 Å². The first-order chi connectivity index (χ1) is 11.0. The first-order valence-electron chi connectivity index (χ1n) is 7.17. The van der Waals surface area contributed by atoms with Crippen LogP contribution in [0, 0.1) is 11.3 Å². The molecular weight excluding hydrogens is 312 g/mol. The van der Waals surface area contributed by atoms with Crippen molar-refractivity contribution in [3.05, 3.63) is 29.6 Å². The predicted molar refractivity (Wildman–Crippen MR) is 85.8 cm³/mol. The highest BCUT2D eigenvalue weighted by Crippen LogP contribution is 2.37. The van der Waals surface area contributed by atoms with Gasteiger partial charge in [0.1, 0.15) is 11.1 Å². The molecule has 0 saturated carbocycles. The van der Waals surface area contributed by atoms with E-state index < -0.39 is 0 Å². The quantitative estimate of drug-likeness (QED) is 0.685. The predicted octanol–water partition coefficient (Wildman–Crippen LogP) is 3.36. The highest BCUT2D eigenvalue weighted by Gasteiger charge is 2.26. The third-order valence-corrected chi connectivity index (χ3v) is 4.60. The van der Waals surface area contributed by atoms with Crippen LogP contribution in [0.15, 0.2) is 18.2 Å². The van der Waals surface area contributed by atoms with Gasteiger partial charge in [0.15, 0.2) is 17.2 Å². The number of nitrogens with zero attached hydrogens (tertiary/aromatic N) is 4. The van der Waals surface area contributed by atoms with Gasteiger partial charge < -0.3 is 9.47 Å². The molecular formula is C16H14N4O2S. The second-order valence-electron chi connectivity index (χ2n) is 6.34. The van der Waals surface area contributed by atoms with E-state index in [-0.39, 0.29) is 12.2 Å². The minimum Gasteiger partial charge on any atom is -0.454 e. The molecule has 1 aromatic carbocycles. The smallest absolute Gasteiger partial charge is 0.231 e. The molecule has 0 saturated heterocycles. The van der Waals surface area contributed by atoms with Gasteiger partial charge in [-0.2, -0.15) is 14.9 Å². The lowest BCUT2D eigenvalue weighted by atomic mass is 9.91. The van der Waals surface area contributed by atoms with Crippen molar-refractivity contribution in [1.82, 2.24) is 14.6 Å². The number of benzene rings is 1. The molecule has 0 bridgehead atoms. The van der Waals surface area contributed by atoms with Gasteiger partial charge in [0.25, 0.3) is 0 Å². The SMILES string of the molecule is CC(C)(C)c1nc2sc(-c3ccc4c(c3)OCO4)nn2c1C#N. The fourth-order valence-corrected chi connectivity index (χ4v) is 3.41. The van der Waals surface area contributed by atoms with E-state index >= 15 is 0 Å². The van der Waals surface area contributed by atoms with Crippen molar-refractivity contribution < 1.29 is 9.47 Å². The molecule has 6 nitrogen and oxygen atoms in total. The van der Waals surface area contributed by atoms with Gasteiger partial charge in [-0.1, -0.05) is 32.1 Å². The molecule has 1 aliphatic rings. The Labute approximate surface area is 136 Å². The Balaban J connectivity index is 1.84. The van der Waals surface area contributed by atoms with Crippen molar-refractivity contribution in [3.63, 3.8) is 0 Å². The highest BCUT2D eigenvalue weighted by atomic mass is 32.1. The van der Waals surface area contributed by atoms with Crippen molar-refractivity contribution in [2.24, 2.45) is 0 Å². The van der Waals surface area contributed by atoms with Gasteiger partial charge in [0.2, 0.25) is 11.8 Å². The molecule has 2 aromatic heterocycles. The highest BCUT2D eigenvalue weighted by molar-refractivity contribution is 7.19. The largest absolute Gasteiger partial charge is 0.454 e. The van der Waals surface area contributed by atoms with Crippen LogP contribution in [-0.4, -0.2) is 21.4 Å². The fraction of sp³-hybridized carbons (Fsp3) is 0.312. The van der Waals surface area contributed by atoms with Crippen LogP contribution in [0.4, 0.5) is 0 Å².